The normalized spacial score (nSPS) is 13.8. The summed E-state index contributed by atoms with van der Waals surface area (Å²) in [5, 5.41) is 9.79. The van der Waals surface area contributed by atoms with Gasteiger partial charge in [0.25, 0.3) is 0 Å². The smallest absolute Gasteiger partial charge is 0.462 e. The average molecular weight is 1040 g/mol. The van der Waals surface area contributed by atoms with Gasteiger partial charge in [0.05, 0.1) is 19.8 Å². The molecule has 0 aliphatic heterocycles. The van der Waals surface area contributed by atoms with Gasteiger partial charge in [0.2, 0.25) is 0 Å². The van der Waals surface area contributed by atoms with Crippen LogP contribution in [0, 0.1) is 0 Å². The number of rotatable bonds is 54. The van der Waals surface area contributed by atoms with E-state index in [0.717, 1.165) is 103 Å². The molecule has 0 radical (unpaired) electrons. The third-order valence-corrected chi connectivity index (χ3v) is 13.4. The summed E-state index contributed by atoms with van der Waals surface area (Å²) < 4.78 is 39.5. The molecule has 0 fully saturated rings. The zero-order valence-electron chi connectivity index (χ0n) is 46.1. The Hall–Kier alpha value is -2.82. The third-order valence-electron chi connectivity index (χ3n) is 12.4. The number of carbonyl (C=O) groups excluding carboxylic acids is 3. The number of phosphoric ester groups is 1. The summed E-state index contributed by atoms with van der Waals surface area (Å²) in [6.45, 7) is 4.50. The summed E-state index contributed by atoms with van der Waals surface area (Å²) in [5.41, 5.74) is 0. The number of allylic oxidation sites excluding steroid dienone is 10. The predicted octanol–water partition coefficient (Wildman–Crippen LogP) is 17.1. The molecule has 0 aromatic carbocycles. The lowest BCUT2D eigenvalue weighted by molar-refractivity contribution is -0.161. The van der Waals surface area contributed by atoms with Crippen LogP contribution in [0.25, 0.3) is 0 Å². The molecule has 72 heavy (non-hydrogen) atoms. The van der Waals surface area contributed by atoms with Crippen LogP contribution in [-0.2, 0) is 42.2 Å². The highest BCUT2D eigenvalue weighted by Crippen LogP contribution is 2.43. The lowest BCUT2D eigenvalue weighted by Gasteiger charge is -2.21. The molecule has 12 heteroatoms. The van der Waals surface area contributed by atoms with Crippen LogP contribution in [-0.4, -0.2) is 66.5 Å². The number of aliphatic hydroxyl groups excluding tert-OH is 1. The molecule has 0 saturated carbocycles. The first-order valence-corrected chi connectivity index (χ1v) is 30.7. The van der Waals surface area contributed by atoms with Crippen molar-refractivity contribution in [3.8, 4) is 0 Å². The van der Waals surface area contributed by atoms with Crippen LogP contribution in [0.2, 0.25) is 0 Å². The monoisotopic (exact) mass is 1030 g/mol. The number of phosphoric acid groups is 1. The number of esters is 3. The number of hydrogen-bond acceptors (Lipinski definition) is 10. The Bertz CT molecular complexity index is 1440. The summed E-state index contributed by atoms with van der Waals surface area (Å²) in [7, 11) is -4.75. The number of aliphatic hydroxyl groups is 1. The standard InChI is InChI=1S/C60H107O11P/c1-4-7-10-13-16-19-22-24-26-27-28-29-31-33-36-39-42-45-48-51-60(64)71-57(53-67-58(62)49-46-43-40-37-35-32-30-25-23-20-17-14-11-8-5-2)55-69-72(65,66)68-54-56(52-61)70-59(63)50-47-44-41-38-34-21-18-15-12-9-6-3/h8,11,16-17,19-20,24-26,30,56-57,61H,4-7,9-10,12-15,18,21-23,27-29,31-55H2,1-3H3,(H,65,66)/b11-8-,19-16-,20-17-,26-24-,30-25-. The first-order chi connectivity index (χ1) is 35.2. The van der Waals surface area contributed by atoms with Crippen molar-refractivity contribution in [1.82, 2.24) is 0 Å². The molecule has 418 valence electrons. The van der Waals surface area contributed by atoms with E-state index in [0.29, 0.717) is 19.3 Å². The van der Waals surface area contributed by atoms with E-state index in [1.807, 2.05) is 0 Å². The SMILES string of the molecule is CC/C=C\C/C=C\C/C=C\CCCCCCCC(=O)OCC(COP(=O)(O)OCC(CO)OC(=O)CCCCCCCCCCCCC)OC(=O)CCCCCCCCCCC/C=C\C/C=C\CCCCC. The van der Waals surface area contributed by atoms with E-state index in [9.17, 15) is 28.9 Å². The lowest BCUT2D eigenvalue weighted by Crippen LogP contribution is -2.30. The molecule has 0 aliphatic rings. The molecule has 3 atom stereocenters. The Labute approximate surface area is 440 Å². The van der Waals surface area contributed by atoms with E-state index in [1.165, 1.54) is 103 Å². The van der Waals surface area contributed by atoms with Gasteiger partial charge < -0.3 is 24.2 Å². The van der Waals surface area contributed by atoms with Crippen molar-refractivity contribution in [2.24, 2.45) is 0 Å². The maximum atomic E-state index is 12.9. The molecule has 0 aliphatic carbocycles. The van der Waals surface area contributed by atoms with Crippen LogP contribution in [0.3, 0.4) is 0 Å². The topological polar surface area (TPSA) is 155 Å². The van der Waals surface area contributed by atoms with Crippen molar-refractivity contribution in [3.05, 3.63) is 60.8 Å². The van der Waals surface area contributed by atoms with E-state index in [2.05, 4.69) is 81.5 Å². The molecule has 0 saturated heterocycles. The summed E-state index contributed by atoms with van der Waals surface area (Å²) in [6.07, 6.45) is 58.9. The van der Waals surface area contributed by atoms with Gasteiger partial charge in [-0.2, -0.15) is 0 Å². The fourth-order valence-corrected chi connectivity index (χ4v) is 8.77. The minimum Gasteiger partial charge on any atom is -0.462 e. The van der Waals surface area contributed by atoms with Crippen LogP contribution >= 0.6 is 7.82 Å². The Morgan fingerprint density at radius 1 is 0.403 bits per heavy atom. The molecule has 0 heterocycles. The van der Waals surface area contributed by atoms with Gasteiger partial charge >= 0.3 is 25.7 Å². The fourth-order valence-electron chi connectivity index (χ4n) is 7.99. The molecule has 3 unspecified atom stereocenters. The Morgan fingerprint density at radius 3 is 1.14 bits per heavy atom. The summed E-state index contributed by atoms with van der Waals surface area (Å²) in [4.78, 5) is 48.5. The zero-order valence-corrected chi connectivity index (χ0v) is 47.0. The fraction of sp³-hybridized carbons (Fsp3) is 0.783. The van der Waals surface area contributed by atoms with Crippen LogP contribution in [0.5, 0.6) is 0 Å². The molecule has 0 rings (SSSR count). The summed E-state index contributed by atoms with van der Waals surface area (Å²) in [6, 6.07) is 0. The highest BCUT2D eigenvalue weighted by molar-refractivity contribution is 7.47. The van der Waals surface area contributed by atoms with Gasteiger partial charge in [0, 0.05) is 19.3 Å². The van der Waals surface area contributed by atoms with Crippen LogP contribution in [0.1, 0.15) is 265 Å². The first-order valence-electron chi connectivity index (χ1n) is 29.2. The van der Waals surface area contributed by atoms with E-state index in [4.69, 9.17) is 23.3 Å². The summed E-state index contributed by atoms with van der Waals surface area (Å²) in [5.74, 6) is -1.48. The minimum atomic E-state index is -4.75. The van der Waals surface area contributed by atoms with Crippen LogP contribution < -0.4 is 0 Å². The van der Waals surface area contributed by atoms with Gasteiger partial charge in [0.15, 0.2) is 6.10 Å². The van der Waals surface area contributed by atoms with Gasteiger partial charge in [-0.3, -0.25) is 23.4 Å². The number of carbonyl (C=O) groups is 3. The Morgan fingerprint density at radius 2 is 0.722 bits per heavy atom. The van der Waals surface area contributed by atoms with Crippen molar-refractivity contribution >= 4 is 25.7 Å². The number of ether oxygens (including phenoxy) is 3. The maximum absolute atomic E-state index is 12.9. The van der Waals surface area contributed by atoms with Gasteiger partial charge in [0.1, 0.15) is 12.7 Å². The Balaban J connectivity index is 4.73. The van der Waals surface area contributed by atoms with E-state index in [1.54, 1.807) is 0 Å². The molecule has 0 bridgehead atoms. The van der Waals surface area contributed by atoms with E-state index in [-0.39, 0.29) is 25.9 Å². The predicted molar refractivity (Wildman–Crippen MR) is 298 cm³/mol. The molecular weight excluding hydrogens is 928 g/mol. The molecule has 11 nitrogen and oxygen atoms in total. The quantitative estimate of drug-likeness (QED) is 0.0197. The highest BCUT2D eigenvalue weighted by Gasteiger charge is 2.28. The van der Waals surface area contributed by atoms with Crippen LogP contribution in [0.4, 0.5) is 0 Å². The second kappa shape index (κ2) is 54.4. The first kappa shape index (κ1) is 69.2. The number of hydrogen-bond donors (Lipinski definition) is 2. The lowest BCUT2D eigenvalue weighted by atomic mass is 10.1. The minimum absolute atomic E-state index is 0.159. The van der Waals surface area contributed by atoms with Gasteiger partial charge in [-0.15, -0.1) is 0 Å². The van der Waals surface area contributed by atoms with Crippen molar-refractivity contribution < 1.29 is 52.2 Å². The van der Waals surface area contributed by atoms with Gasteiger partial charge in [-0.25, -0.2) is 4.57 Å². The maximum Gasteiger partial charge on any atom is 0.472 e. The molecule has 0 amide bonds. The highest BCUT2D eigenvalue weighted by atomic mass is 31.2. The average Bonchev–Trinajstić information content (AvgIpc) is 3.37. The second-order valence-electron chi connectivity index (χ2n) is 19.4. The van der Waals surface area contributed by atoms with Crippen molar-refractivity contribution in [3.63, 3.8) is 0 Å². The largest absolute Gasteiger partial charge is 0.472 e. The van der Waals surface area contributed by atoms with Crippen molar-refractivity contribution in [2.75, 3.05) is 26.4 Å². The van der Waals surface area contributed by atoms with E-state index >= 15 is 0 Å². The van der Waals surface area contributed by atoms with E-state index < -0.39 is 57.8 Å². The third kappa shape index (κ3) is 52.1. The number of unbranched alkanes of at least 4 members (excludes halogenated alkanes) is 27. The van der Waals surface area contributed by atoms with Crippen LogP contribution in [0.15, 0.2) is 60.8 Å². The molecule has 2 N–H and O–H groups in total. The zero-order chi connectivity index (χ0) is 52.7. The molecule has 0 aromatic heterocycles. The summed E-state index contributed by atoms with van der Waals surface area (Å²) >= 11 is 0. The molecule has 0 spiro atoms. The van der Waals surface area contributed by atoms with Gasteiger partial charge in [-0.05, 0) is 83.5 Å². The second-order valence-corrected chi connectivity index (χ2v) is 20.9. The molecule has 0 aromatic rings. The van der Waals surface area contributed by atoms with Crippen molar-refractivity contribution in [1.29, 1.82) is 0 Å². The molecular formula is C60H107O11P. The van der Waals surface area contributed by atoms with Crippen molar-refractivity contribution in [2.45, 2.75) is 277 Å². The Kier molecular flexibility index (Phi) is 52.3. The van der Waals surface area contributed by atoms with Gasteiger partial charge in [-0.1, -0.05) is 223 Å².